The molecule has 0 radical (unpaired) electrons. The molecular formula is C21H24ClNO2S. The largest absolute Gasteiger partial charge is 0.487 e. The number of carbonyl (C=O) groups excluding carboxylic acids is 1. The van der Waals surface area contributed by atoms with Crippen molar-refractivity contribution < 1.29 is 9.53 Å². The first kappa shape index (κ1) is 19.1. The molecule has 0 aliphatic carbocycles. The van der Waals surface area contributed by atoms with Crippen LogP contribution in [-0.4, -0.2) is 17.3 Å². The molecule has 1 aliphatic rings. The van der Waals surface area contributed by atoms with Crippen LogP contribution < -0.4 is 10.1 Å². The summed E-state index contributed by atoms with van der Waals surface area (Å²) in [5, 5.41) is 3.92. The Kier molecular flexibility index (Phi) is 5.83. The molecule has 5 heteroatoms. The molecule has 1 aliphatic heterocycles. The van der Waals surface area contributed by atoms with Crippen LogP contribution in [0.1, 0.15) is 43.0 Å². The molecule has 138 valence electrons. The number of nitrogens with one attached hydrogen (secondary N) is 1. The number of carbonyl (C=O) groups is 1. The second-order valence-corrected chi connectivity index (χ2v) is 8.77. The minimum Gasteiger partial charge on any atom is -0.487 e. The molecule has 0 saturated heterocycles. The zero-order valence-electron chi connectivity index (χ0n) is 15.3. The lowest BCUT2D eigenvalue weighted by Crippen LogP contribution is -2.41. The van der Waals surface area contributed by atoms with E-state index in [9.17, 15) is 4.79 Å². The summed E-state index contributed by atoms with van der Waals surface area (Å²) < 4.78 is 6.07. The zero-order chi connectivity index (χ0) is 18.7. The topological polar surface area (TPSA) is 38.3 Å². The van der Waals surface area contributed by atoms with Crippen molar-refractivity contribution >= 4 is 29.3 Å². The molecule has 2 aromatic rings. The van der Waals surface area contributed by atoms with Crippen molar-refractivity contribution in [2.24, 2.45) is 0 Å². The van der Waals surface area contributed by atoms with Gasteiger partial charge in [0.2, 0.25) is 5.91 Å². The molecule has 1 heterocycles. The van der Waals surface area contributed by atoms with E-state index >= 15 is 0 Å². The highest BCUT2D eigenvalue weighted by Gasteiger charge is 2.34. The second kappa shape index (κ2) is 7.93. The Morgan fingerprint density at radius 3 is 2.73 bits per heavy atom. The summed E-state index contributed by atoms with van der Waals surface area (Å²) in [6.07, 6.45) is 0.761. The summed E-state index contributed by atoms with van der Waals surface area (Å²) in [5.74, 6) is 2.14. The Hall–Kier alpha value is -1.65. The summed E-state index contributed by atoms with van der Waals surface area (Å²) in [4.78, 5) is 12.5. The van der Waals surface area contributed by atoms with E-state index in [1.165, 1.54) is 11.1 Å². The molecule has 0 spiro atoms. The average molecular weight is 390 g/mol. The SMILES string of the molecule is Cc1ccc2c(c1)[C@@H](NC(=O)CSCc1ccc(Cl)cc1)CC(C)(C)O2. The minimum atomic E-state index is -0.295. The summed E-state index contributed by atoms with van der Waals surface area (Å²) >= 11 is 7.51. The van der Waals surface area contributed by atoms with Gasteiger partial charge in [0.25, 0.3) is 0 Å². The van der Waals surface area contributed by atoms with E-state index in [-0.39, 0.29) is 17.6 Å². The van der Waals surface area contributed by atoms with Crippen molar-refractivity contribution in [3.63, 3.8) is 0 Å². The van der Waals surface area contributed by atoms with Crippen LogP contribution >= 0.6 is 23.4 Å². The lowest BCUT2D eigenvalue weighted by molar-refractivity contribution is -0.119. The second-order valence-electron chi connectivity index (χ2n) is 7.35. The van der Waals surface area contributed by atoms with Gasteiger partial charge < -0.3 is 10.1 Å². The number of hydrogen-bond donors (Lipinski definition) is 1. The van der Waals surface area contributed by atoms with Gasteiger partial charge in [0, 0.05) is 22.8 Å². The van der Waals surface area contributed by atoms with Crippen molar-refractivity contribution in [3.8, 4) is 5.75 Å². The van der Waals surface area contributed by atoms with Crippen LogP contribution in [0.25, 0.3) is 0 Å². The predicted molar refractivity (Wildman–Crippen MR) is 109 cm³/mol. The highest BCUT2D eigenvalue weighted by molar-refractivity contribution is 7.99. The molecule has 3 rings (SSSR count). The Morgan fingerprint density at radius 1 is 1.27 bits per heavy atom. The van der Waals surface area contributed by atoms with Gasteiger partial charge in [0.05, 0.1) is 11.8 Å². The van der Waals surface area contributed by atoms with Gasteiger partial charge in [-0.05, 0) is 44.5 Å². The van der Waals surface area contributed by atoms with Crippen LogP contribution in [0.5, 0.6) is 5.75 Å². The maximum Gasteiger partial charge on any atom is 0.230 e. The molecule has 1 atom stereocenters. The van der Waals surface area contributed by atoms with E-state index in [0.717, 1.165) is 28.5 Å². The Balaban J connectivity index is 1.60. The van der Waals surface area contributed by atoms with Crippen molar-refractivity contribution in [2.75, 3.05) is 5.75 Å². The molecule has 26 heavy (non-hydrogen) atoms. The summed E-state index contributed by atoms with van der Waals surface area (Å²) in [7, 11) is 0. The van der Waals surface area contributed by atoms with Gasteiger partial charge in [-0.15, -0.1) is 11.8 Å². The molecular weight excluding hydrogens is 366 g/mol. The third kappa shape index (κ3) is 4.95. The lowest BCUT2D eigenvalue weighted by atomic mass is 9.89. The predicted octanol–water partition coefficient (Wildman–Crippen LogP) is 5.30. The monoisotopic (exact) mass is 389 g/mol. The number of hydrogen-bond acceptors (Lipinski definition) is 3. The first-order valence-corrected chi connectivity index (χ1v) is 10.3. The van der Waals surface area contributed by atoms with E-state index in [2.05, 4.69) is 32.2 Å². The number of rotatable bonds is 5. The Bertz CT molecular complexity index is 789. The fourth-order valence-electron chi connectivity index (χ4n) is 3.18. The van der Waals surface area contributed by atoms with Gasteiger partial charge in [-0.3, -0.25) is 4.79 Å². The zero-order valence-corrected chi connectivity index (χ0v) is 16.9. The van der Waals surface area contributed by atoms with Crippen molar-refractivity contribution in [1.29, 1.82) is 0 Å². The molecule has 1 amide bonds. The van der Waals surface area contributed by atoms with Crippen LogP contribution in [0.15, 0.2) is 42.5 Å². The highest BCUT2D eigenvalue weighted by Crippen LogP contribution is 2.39. The lowest BCUT2D eigenvalue weighted by Gasteiger charge is -2.38. The number of ether oxygens (including phenoxy) is 1. The van der Waals surface area contributed by atoms with Crippen LogP contribution in [-0.2, 0) is 10.5 Å². The van der Waals surface area contributed by atoms with Gasteiger partial charge in [0.1, 0.15) is 11.4 Å². The van der Waals surface area contributed by atoms with E-state index < -0.39 is 0 Å². The number of amides is 1. The third-order valence-corrected chi connectivity index (χ3v) is 5.63. The first-order valence-electron chi connectivity index (χ1n) is 8.73. The fraction of sp³-hybridized carbons (Fsp3) is 0.381. The number of benzene rings is 2. The first-order chi connectivity index (χ1) is 12.3. The highest BCUT2D eigenvalue weighted by atomic mass is 35.5. The Morgan fingerprint density at radius 2 is 2.00 bits per heavy atom. The van der Waals surface area contributed by atoms with Crippen LogP contribution in [0, 0.1) is 6.92 Å². The average Bonchev–Trinajstić information content (AvgIpc) is 2.57. The molecule has 2 aromatic carbocycles. The normalized spacial score (nSPS) is 17.9. The number of halogens is 1. The van der Waals surface area contributed by atoms with E-state index in [1.54, 1.807) is 11.8 Å². The van der Waals surface area contributed by atoms with Gasteiger partial charge in [-0.2, -0.15) is 0 Å². The number of fused-ring (bicyclic) bond motifs is 1. The number of thioether (sulfide) groups is 1. The van der Waals surface area contributed by atoms with Crippen molar-refractivity contribution in [1.82, 2.24) is 5.32 Å². The maximum absolute atomic E-state index is 12.5. The molecule has 0 bridgehead atoms. The quantitative estimate of drug-likeness (QED) is 0.753. The van der Waals surface area contributed by atoms with Crippen LogP contribution in [0.3, 0.4) is 0 Å². The van der Waals surface area contributed by atoms with Gasteiger partial charge in [-0.25, -0.2) is 0 Å². The van der Waals surface area contributed by atoms with Crippen LogP contribution in [0.4, 0.5) is 0 Å². The summed E-state index contributed by atoms with van der Waals surface area (Å²) in [6, 6.07) is 13.9. The van der Waals surface area contributed by atoms with E-state index in [1.807, 2.05) is 36.4 Å². The number of aryl methyl sites for hydroxylation is 1. The molecule has 1 N–H and O–H groups in total. The molecule has 0 unspecified atom stereocenters. The molecule has 3 nitrogen and oxygen atoms in total. The van der Waals surface area contributed by atoms with E-state index in [0.29, 0.717) is 5.75 Å². The van der Waals surface area contributed by atoms with Gasteiger partial charge in [0.15, 0.2) is 0 Å². The maximum atomic E-state index is 12.5. The molecule has 0 aromatic heterocycles. The standard InChI is InChI=1S/C21H24ClNO2S/c1-14-4-9-19-17(10-14)18(11-21(2,3)25-19)23-20(24)13-26-12-15-5-7-16(22)8-6-15/h4-10,18H,11-13H2,1-3H3,(H,23,24)/t18-/m0/s1. The smallest absolute Gasteiger partial charge is 0.230 e. The summed E-state index contributed by atoms with van der Waals surface area (Å²) in [5.41, 5.74) is 3.11. The van der Waals surface area contributed by atoms with Crippen molar-refractivity contribution in [2.45, 2.75) is 44.6 Å². The van der Waals surface area contributed by atoms with Crippen molar-refractivity contribution in [3.05, 3.63) is 64.2 Å². The minimum absolute atomic E-state index is 0.0164. The molecule has 0 fully saturated rings. The fourth-order valence-corrected chi connectivity index (χ4v) is 4.11. The van der Waals surface area contributed by atoms with Gasteiger partial charge >= 0.3 is 0 Å². The third-order valence-electron chi connectivity index (χ3n) is 4.37. The summed E-state index contributed by atoms with van der Waals surface area (Å²) in [6.45, 7) is 6.18. The van der Waals surface area contributed by atoms with E-state index in [4.69, 9.17) is 16.3 Å². The molecule has 0 saturated carbocycles. The van der Waals surface area contributed by atoms with Gasteiger partial charge in [-0.1, -0.05) is 41.4 Å². The van der Waals surface area contributed by atoms with Crippen LogP contribution in [0.2, 0.25) is 5.02 Å². The Labute approximate surface area is 164 Å².